The minimum atomic E-state index is -3.94. The number of hydrogen-bond acceptors (Lipinski definition) is 8. The molecular formula is C25H30F2N4O6S. The molecule has 2 N–H and O–H groups in total. The van der Waals surface area contributed by atoms with Crippen LogP contribution in [0.2, 0.25) is 0 Å². The Labute approximate surface area is 218 Å². The van der Waals surface area contributed by atoms with E-state index in [1.807, 2.05) is 0 Å². The maximum absolute atomic E-state index is 15.0. The second-order valence-electron chi connectivity index (χ2n) is 9.30. The lowest BCUT2D eigenvalue weighted by molar-refractivity contribution is -0.131. The number of fused-ring (bicyclic) bond motifs is 1. The van der Waals surface area contributed by atoms with Crippen LogP contribution in [0.5, 0.6) is 0 Å². The standard InChI is InChI=1S/C25H30F2N4O6S/c1-25(24(33)29-34,38(4,35)36)9-10-31-15-28-20-13-16(5-8-19(20)23(31)32)18-7-6-17(21(26)22(18)27)14-30(2)11-12-37-3/h5-8,13,15,34H,9-12,14H2,1-4H3,(H,29,33)/t25-/m1/s1. The normalized spacial score (nSPS) is 13.6. The van der Waals surface area contributed by atoms with E-state index in [1.54, 1.807) is 19.1 Å². The van der Waals surface area contributed by atoms with Gasteiger partial charge in [-0.25, -0.2) is 27.7 Å². The van der Waals surface area contributed by atoms with Crippen LogP contribution in [0.3, 0.4) is 0 Å². The molecule has 0 aliphatic carbocycles. The van der Waals surface area contributed by atoms with E-state index in [1.165, 1.54) is 42.1 Å². The number of rotatable bonds is 11. The van der Waals surface area contributed by atoms with Gasteiger partial charge in [0.25, 0.3) is 11.5 Å². The number of sulfone groups is 1. The zero-order chi connectivity index (χ0) is 28.3. The van der Waals surface area contributed by atoms with E-state index in [9.17, 15) is 26.8 Å². The quantitative estimate of drug-likeness (QED) is 0.273. The Bertz CT molecular complexity index is 1510. The van der Waals surface area contributed by atoms with Crippen molar-refractivity contribution < 1.29 is 31.9 Å². The van der Waals surface area contributed by atoms with Crippen LogP contribution >= 0.6 is 0 Å². The summed E-state index contributed by atoms with van der Waals surface area (Å²) in [5, 5.41) is 9.13. The molecule has 1 heterocycles. The van der Waals surface area contributed by atoms with Crippen molar-refractivity contribution in [2.24, 2.45) is 0 Å². The van der Waals surface area contributed by atoms with Gasteiger partial charge >= 0.3 is 0 Å². The lowest BCUT2D eigenvalue weighted by Crippen LogP contribution is -2.50. The summed E-state index contributed by atoms with van der Waals surface area (Å²) in [4.78, 5) is 31.1. The number of halogens is 2. The molecule has 0 spiro atoms. The molecule has 3 aromatic rings. The fourth-order valence-corrected chi connectivity index (χ4v) is 4.80. The Morgan fingerprint density at radius 3 is 2.58 bits per heavy atom. The number of hydroxylamine groups is 1. The van der Waals surface area contributed by atoms with Gasteiger partial charge in [-0.2, -0.15) is 0 Å². The number of amides is 1. The van der Waals surface area contributed by atoms with Crippen molar-refractivity contribution in [2.75, 3.05) is 33.6 Å². The van der Waals surface area contributed by atoms with Gasteiger partial charge in [-0.3, -0.25) is 24.3 Å². The molecule has 13 heteroatoms. The summed E-state index contributed by atoms with van der Waals surface area (Å²) in [6, 6.07) is 7.34. The first-order chi connectivity index (χ1) is 17.8. The monoisotopic (exact) mass is 552 g/mol. The summed E-state index contributed by atoms with van der Waals surface area (Å²) in [7, 11) is -0.609. The largest absolute Gasteiger partial charge is 0.383 e. The molecule has 206 valence electrons. The van der Waals surface area contributed by atoms with Gasteiger partial charge in [-0.1, -0.05) is 18.2 Å². The third-order valence-corrected chi connectivity index (χ3v) is 8.67. The first-order valence-electron chi connectivity index (χ1n) is 11.6. The van der Waals surface area contributed by atoms with Gasteiger partial charge in [0.15, 0.2) is 26.2 Å². The molecule has 0 saturated carbocycles. The van der Waals surface area contributed by atoms with E-state index >= 15 is 0 Å². The van der Waals surface area contributed by atoms with Crippen LogP contribution in [0.4, 0.5) is 8.78 Å². The zero-order valence-electron chi connectivity index (χ0n) is 21.5. The average molecular weight is 553 g/mol. The van der Waals surface area contributed by atoms with Gasteiger partial charge in [-0.15, -0.1) is 0 Å². The summed E-state index contributed by atoms with van der Waals surface area (Å²) in [5.74, 6) is -3.10. The van der Waals surface area contributed by atoms with Crippen molar-refractivity contribution >= 4 is 26.6 Å². The van der Waals surface area contributed by atoms with Crippen LogP contribution < -0.4 is 11.0 Å². The van der Waals surface area contributed by atoms with Crippen LogP contribution in [-0.2, 0) is 32.5 Å². The van der Waals surface area contributed by atoms with Crippen LogP contribution in [0.1, 0.15) is 18.9 Å². The highest BCUT2D eigenvalue weighted by Crippen LogP contribution is 2.29. The van der Waals surface area contributed by atoms with E-state index in [2.05, 4.69) is 4.98 Å². The number of nitrogens with one attached hydrogen (secondary N) is 1. The minimum Gasteiger partial charge on any atom is -0.383 e. The average Bonchev–Trinajstić information content (AvgIpc) is 2.88. The topological polar surface area (TPSA) is 131 Å². The Morgan fingerprint density at radius 2 is 1.95 bits per heavy atom. The second kappa shape index (κ2) is 11.6. The first-order valence-corrected chi connectivity index (χ1v) is 13.5. The smallest absolute Gasteiger partial charge is 0.264 e. The lowest BCUT2D eigenvalue weighted by atomic mass is 10.0. The first kappa shape index (κ1) is 29.3. The molecule has 0 unspecified atom stereocenters. The van der Waals surface area contributed by atoms with Gasteiger partial charge in [0.05, 0.1) is 23.8 Å². The number of ether oxygens (including phenoxy) is 1. The van der Waals surface area contributed by atoms with Crippen LogP contribution in [-0.4, -0.2) is 72.3 Å². The third kappa shape index (κ3) is 5.90. The molecule has 0 saturated heterocycles. The number of aryl methyl sites for hydroxylation is 1. The summed E-state index contributed by atoms with van der Waals surface area (Å²) >= 11 is 0. The summed E-state index contributed by atoms with van der Waals surface area (Å²) < 4.78 is 58.3. The van der Waals surface area contributed by atoms with E-state index in [4.69, 9.17) is 9.94 Å². The van der Waals surface area contributed by atoms with E-state index in [0.29, 0.717) is 18.7 Å². The Balaban J connectivity index is 1.90. The molecule has 0 bridgehead atoms. The van der Waals surface area contributed by atoms with Crippen molar-refractivity contribution in [1.82, 2.24) is 19.9 Å². The molecule has 38 heavy (non-hydrogen) atoms. The fourth-order valence-electron chi connectivity index (χ4n) is 3.96. The van der Waals surface area contributed by atoms with Crippen LogP contribution in [0.15, 0.2) is 41.5 Å². The van der Waals surface area contributed by atoms with Gasteiger partial charge in [0.1, 0.15) is 0 Å². The van der Waals surface area contributed by atoms with Crippen LogP contribution in [0.25, 0.3) is 22.0 Å². The van der Waals surface area contributed by atoms with Gasteiger partial charge in [-0.05, 0) is 38.1 Å². The Hall–Kier alpha value is -3.26. The molecule has 10 nitrogen and oxygen atoms in total. The molecule has 1 atom stereocenters. The second-order valence-corrected chi connectivity index (χ2v) is 11.7. The van der Waals surface area contributed by atoms with Crippen molar-refractivity contribution in [2.45, 2.75) is 31.2 Å². The number of carbonyl (C=O) groups is 1. The minimum absolute atomic E-state index is 0.0117. The number of methoxy groups -OCH3 is 1. The molecule has 0 radical (unpaired) electrons. The highest BCUT2D eigenvalue weighted by molar-refractivity contribution is 7.92. The fraction of sp³-hybridized carbons (Fsp3) is 0.400. The molecule has 0 aliphatic rings. The van der Waals surface area contributed by atoms with Crippen molar-refractivity contribution in [3.05, 3.63) is 64.2 Å². The molecule has 0 aliphatic heterocycles. The van der Waals surface area contributed by atoms with Gasteiger partial charge in [0.2, 0.25) is 0 Å². The van der Waals surface area contributed by atoms with Gasteiger partial charge < -0.3 is 4.74 Å². The Kier molecular flexibility index (Phi) is 8.97. The molecule has 0 fully saturated rings. The molecule has 1 amide bonds. The van der Waals surface area contributed by atoms with Crippen LogP contribution in [0, 0.1) is 11.6 Å². The maximum atomic E-state index is 15.0. The van der Waals surface area contributed by atoms with Crippen molar-refractivity contribution in [1.29, 1.82) is 0 Å². The van der Waals surface area contributed by atoms with E-state index in [-0.39, 0.29) is 41.5 Å². The highest BCUT2D eigenvalue weighted by Gasteiger charge is 2.43. The number of hydrogen-bond donors (Lipinski definition) is 2. The molecule has 1 aromatic heterocycles. The zero-order valence-corrected chi connectivity index (χ0v) is 22.3. The van der Waals surface area contributed by atoms with E-state index in [0.717, 1.165) is 17.7 Å². The number of nitrogens with zero attached hydrogens (tertiary/aromatic N) is 3. The number of aromatic nitrogens is 2. The van der Waals surface area contributed by atoms with Crippen molar-refractivity contribution in [3.8, 4) is 11.1 Å². The van der Waals surface area contributed by atoms with E-state index < -0.39 is 37.7 Å². The van der Waals surface area contributed by atoms with Crippen molar-refractivity contribution in [3.63, 3.8) is 0 Å². The third-order valence-electron chi connectivity index (χ3n) is 6.65. The number of likely N-dealkylation sites (N-methyl/N-ethyl adjacent to an activating group) is 1. The predicted octanol–water partition coefficient (Wildman–Crippen LogP) is 2.12. The SMILES string of the molecule is COCCN(C)Cc1ccc(-c2ccc3c(=O)n(CC[C@](C)(C(=O)NO)S(C)(=O)=O)cnc3c2)c(F)c1F. The number of benzene rings is 2. The summed E-state index contributed by atoms with van der Waals surface area (Å²) in [5.41, 5.74) is 1.60. The molecule has 2 aromatic carbocycles. The summed E-state index contributed by atoms with van der Waals surface area (Å²) in [6.45, 7) is 2.18. The predicted molar refractivity (Wildman–Crippen MR) is 137 cm³/mol. The van der Waals surface area contributed by atoms with Gasteiger partial charge in [0, 0.05) is 44.1 Å². The molecule has 3 rings (SSSR count). The molecular weight excluding hydrogens is 522 g/mol. The summed E-state index contributed by atoms with van der Waals surface area (Å²) in [6.07, 6.45) is 1.74. The Morgan fingerprint density at radius 1 is 1.24 bits per heavy atom. The maximum Gasteiger partial charge on any atom is 0.264 e. The number of carbonyl (C=O) groups excluding carboxylic acids is 1. The highest BCUT2D eigenvalue weighted by atomic mass is 32.2. The lowest BCUT2D eigenvalue weighted by Gasteiger charge is -2.25.